The number of carbonyl (C=O) groups is 1. The third-order valence-electron chi connectivity index (χ3n) is 5.16. The van der Waals surface area contributed by atoms with Gasteiger partial charge in [0.05, 0.1) is 12.7 Å². The van der Waals surface area contributed by atoms with Crippen LogP contribution < -0.4 is 0 Å². The van der Waals surface area contributed by atoms with Gasteiger partial charge >= 0.3 is 5.97 Å². The number of rotatable bonds is 4. The lowest BCUT2D eigenvalue weighted by Gasteiger charge is -2.10. The van der Waals surface area contributed by atoms with Crippen molar-refractivity contribution in [2.45, 2.75) is 0 Å². The Bertz CT molecular complexity index is 1470. The fourth-order valence-electron chi connectivity index (χ4n) is 3.59. The lowest BCUT2D eigenvalue weighted by Crippen LogP contribution is -2.00. The average Bonchev–Trinajstić information content (AvgIpc) is 3.44. The van der Waals surface area contributed by atoms with E-state index >= 15 is 0 Å². The molecule has 0 bridgehead atoms. The third kappa shape index (κ3) is 3.41. The Morgan fingerprint density at radius 3 is 2.66 bits per heavy atom. The SMILES string of the molecule is COC(=O)c1ccc2nc(-c3cccc(-c4ccc(F)cc4-c4nncn4C)c3)oc2c1. The Kier molecular flexibility index (Phi) is 4.74. The van der Waals surface area contributed by atoms with Crippen LogP contribution in [-0.2, 0) is 11.8 Å². The van der Waals surface area contributed by atoms with Crippen molar-refractivity contribution in [3.8, 4) is 34.0 Å². The van der Waals surface area contributed by atoms with Gasteiger partial charge in [0.25, 0.3) is 0 Å². The Balaban J connectivity index is 1.59. The minimum Gasteiger partial charge on any atom is -0.465 e. The second-order valence-corrected chi connectivity index (χ2v) is 7.23. The number of benzene rings is 3. The fourth-order valence-corrected chi connectivity index (χ4v) is 3.59. The molecular weight excluding hydrogens is 411 g/mol. The first-order valence-electron chi connectivity index (χ1n) is 9.77. The number of esters is 1. The summed E-state index contributed by atoms with van der Waals surface area (Å²) >= 11 is 0. The van der Waals surface area contributed by atoms with Gasteiger partial charge in [0.1, 0.15) is 17.7 Å². The van der Waals surface area contributed by atoms with Gasteiger partial charge in [-0.15, -0.1) is 10.2 Å². The molecule has 7 nitrogen and oxygen atoms in total. The first-order valence-corrected chi connectivity index (χ1v) is 9.77. The van der Waals surface area contributed by atoms with Crippen LogP contribution in [0, 0.1) is 5.82 Å². The monoisotopic (exact) mass is 428 g/mol. The van der Waals surface area contributed by atoms with Crippen molar-refractivity contribution < 1.29 is 18.3 Å². The Morgan fingerprint density at radius 1 is 1.03 bits per heavy atom. The molecule has 5 aromatic rings. The van der Waals surface area contributed by atoms with E-state index in [1.807, 2.05) is 24.3 Å². The Hall–Kier alpha value is -4.33. The molecule has 8 heteroatoms. The summed E-state index contributed by atoms with van der Waals surface area (Å²) in [5.41, 5.74) is 4.51. The average molecular weight is 428 g/mol. The van der Waals surface area contributed by atoms with Crippen molar-refractivity contribution in [1.29, 1.82) is 0 Å². The number of hydrogen-bond donors (Lipinski definition) is 0. The van der Waals surface area contributed by atoms with Gasteiger partial charge in [-0.3, -0.25) is 0 Å². The number of hydrogen-bond acceptors (Lipinski definition) is 6. The number of nitrogens with zero attached hydrogens (tertiary/aromatic N) is 4. The molecule has 0 atom stereocenters. The van der Waals surface area contributed by atoms with E-state index in [0.29, 0.717) is 33.9 Å². The Labute approximate surface area is 182 Å². The zero-order chi connectivity index (χ0) is 22.2. The van der Waals surface area contributed by atoms with Crippen molar-refractivity contribution in [2.24, 2.45) is 7.05 Å². The van der Waals surface area contributed by atoms with E-state index in [1.165, 1.54) is 19.2 Å². The van der Waals surface area contributed by atoms with E-state index in [4.69, 9.17) is 9.15 Å². The zero-order valence-electron chi connectivity index (χ0n) is 17.2. The summed E-state index contributed by atoms with van der Waals surface area (Å²) in [6.45, 7) is 0. The normalized spacial score (nSPS) is 11.1. The lowest BCUT2D eigenvalue weighted by molar-refractivity contribution is 0.0600. The van der Waals surface area contributed by atoms with Crippen LogP contribution in [0.3, 0.4) is 0 Å². The van der Waals surface area contributed by atoms with Gasteiger partial charge in [-0.2, -0.15) is 0 Å². The maximum Gasteiger partial charge on any atom is 0.337 e. The number of fused-ring (bicyclic) bond motifs is 1. The molecule has 0 fully saturated rings. The molecule has 158 valence electrons. The second-order valence-electron chi connectivity index (χ2n) is 7.23. The standard InChI is InChI=1S/C24H17FN4O3/c1-29-13-26-28-22(29)19-12-17(25)7-8-18(19)14-4-3-5-15(10-14)23-27-20-9-6-16(24(30)31-2)11-21(20)32-23/h3-13H,1-2H3. The highest BCUT2D eigenvalue weighted by Crippen LogP contribution is 2.34. The minimum atomic E-state index is -0.445. The van der Waals surface area contributed by atoms with Gasteiger partial charge in [-0.05, 0) is 53.6 Å². The summed E-state index contributed by atoms with van der Waals surface area (Å²) in [5, 5.41) is 8.04. The van der Waals surface area contributed by atoms with Gasteiger partial charge in [0, 0.05) is 18.2 Å². The van der Waals surface area contributed by atoms with Gasteiger partial charge < -0.3 is 13.7 Å². The molecular formula is C24H17FN4O3. The van der Waals surface area contributed by atoms with E-state index in [2.05, 4.69) is 15.2 Å². The van der Waals surface area contributed by atoms with Crippen LogP contribution in [0.25, 0.3) is 45.1 Å². The molecule has 0 amide bonds. The summed E-state index contributed by atoms with van der Waals surface area (Å²) in [6.07, 6.45) is 1.57. The Morgan fingerprint density at radius 2 is 1.88 bits per heavy atom. The summed E-state index contributed by atoms with van der Waals surface area (Å²) in [7, 11) is 3.13. The van der Waals surface area contributed by atoms with Crippen molar-refractivity contribution in [1.82, 2.24) is 19.7 Å². The van der Waals surface area contributed by atoms with Crippen LogP contribution in [0.2, 0.25) is 0 Å². The third-order valence-corrected chi connectivity index (χ3v) is 5.16. The molecule has 0 N–H and O–H groups in total. The summed E-state index contributed by atoms with van der Waals surface area (Å²) in [4.78, 5) is 16.3. The maximum atomic E-state index is 14.0. The molecule has 0 aliphatic rings. The second kappa shape index (κ2) is 7.73. The van der Waals surface area contributed by atoms with E-state index in [0.717, 1.165) is 16.7 Å². The number of halogens is 1. The predicted octanol–water partition coefficient (Wildman–Crippen LogP) is 4.88. The molecule has 0 saturated heterocycles. The number of carbonyl (C=O) groups excluding carboxylic acids is 1. The maximum absolute atomic E-state index is 14.0. The first-order chi connectivity index (χ1) is 15.5. The largest absolute Gasteiger partial charge is 0.465 e. The summed E-state index contributed by atoms with van der Waals surface area (Å²) in [5.74, 6) is 0.163. The van der Waals surface area contributed by atoms with Gasteiger partial charge in [0.15, 0.2) is 11.4 Å². The number of methoxy groups -OCH3 is 1. The van der Waals surface area contributed by atoms with Crippen LogP contribution in [0.1, 0.15) is 10.4 Å². The van der Waals surface area contributed by atoms with Gasteiger partial charge in [0.2, 0.25) is 5.89 Å². The number of oxazole rings is 1. The minimum absolute atomic E-state index is 0.358. The summed E-state index contributed by atoms with van der Waals surface area (Å²) in [6, 6.07) is 17.1. The zero-order valence-corrected chi connectivity index (χ0v) is 17.2. The summed E-state index contributed by atoms with van der Waals surface area (Å²) < 4.78 is 26.5. The molecule has 3 aromatic carbocycles. The molecule has 0 saturated carbocycles. The molecule has 0 aliphatic heterocycles. The van der Waals surface area contributed by atoms with Crippen molar-refractivity contribution in [3.05, 3.63) is 78.4 Å². The number of aryl methyl sites for hydroxylation is 1. The molecule has 2 heterocycles. The predicted molar refractivity (Wildman–Crippen MR) is 116 cm³/mol. The smallest absolute Gasteiger partial charge is 0.337 e. The van der Waals surface area contributed by atoms with Crippen molar-refractivity contribution in [2.75, 3.05) is 7.11 Å². The first kappa shape index (κ1) is 19.6. The van der Waals surface area contributed by atoms with E-state index in [9.17, 15) is 9.18 Å². The van der Waals surface area contributed by atoms with Crippen LogP contribution in [-0.4, -0.2) is 32.8 Å². The van der Waals surface area contributed by atoms with Crippen LogP contribution in [0.4, 0.5) is 4.39 Å². The van der Waals surface area contributed by atoms with E-state index in [1.54, 1.807) is 42.2 Å². The van der Waals surface area contributed by atoms with Gasteiger partial charge in [-0.1, -0.05) is 18.2 Å². The molecule has 0 spiro atoms. The molecule has 32 heavy (non-hydrogen) atoms. The van der Waals surface area contributed by atoms with Crippen LogP contribution in [0.5, 0.6) is 0 Å². The van der Waals surface area contributed by atoms with Crippen LogP contribution >= 0.6 is 0 Å². The molecule has 0 unspecified atom stereocenters. The molecule has 5 rings (SSSR count). The van der Waals surface area contributed by atoms with Crippen molar-refractivity contribution >= 4 is 17.1 Å². The highest BCUT2D eigenvalue weighted by molar-refractivity contribution is 5.93. The number of ether oxygens (including phenoxy) is 1. The highest BCUT2D eigenvalue weighted by atomic mass is 19.1. The quantitative estimate of drug-likeness (QED) is 0.379. The number of aromatic nitrogens is 4. The fraction of sp³-hybridized carbons (Fsp3) is 0.0833. The van der Waals surface area contributed by atoms with Crippen LogP contribution in [0.15, 0.2) is 71.4 Å². The lowest BCUT2D eigenvalue weighted by atomic mass is 9.97. The van der Waals surface area contributed by atoms with E-state index in [-0.39, 0.29) is 5.82 Å². The molecule has 2 aromatic heterocycles. The molecule has 0 radical (unpaired) electrons. The topological polar surface area (TPSA) is 83.0 Å². The van der Waals surface area contributed by atoms with Crippen molar-refractivity contribution in [3.63, 3.8) is 0 Å². The highest BCUT2D eigenvalue weighted by Gasteiger charge is 2.16. The van der Waals surface area contributed by atoms with E-state index < -0.39 is 5.97 Å². The molecule has 0 aliphatic carbocycles. The van der Waals surface area contributed by atoms with Gasteiger partial charge in [-0.25, -0.2) is 14.2 Å².